The van der Waals surface area contributed by atoms with E-state index in [0.717, 1.165) is 0 Å². The van der Waals surface area contributed by atoms with E-state index in [9.17, 15) is 9.59 Å². The Hall–Kier alpha value is -1.30. The molecule has 0 aromatic rings. The molecule has 0 bridgehead atoms. The zero-order valence-electron chi connectivity index (χ0n) is 9.19. The lowest BCUT2D eigenvalue weighted by molar-refractivity contribution is -0.141. The van der Waals surface area contributed by atoms with E-state index in [-0.39, 0.29) is 12.6 Å². The molecule has 0 aliphatic carbocycles. The standard InChI is InChI=1S/C9H19N3O3/c1-3-12(6-7(2)8(13)14)9(15)11-5-4-10/h7H,3-6,10H2,1-2H3,(H,11,15)(H,13,14). The van der Waals surface area contributed by atoms with Crippen molar-refractivity contribution in [2.45, 2.75) is 13.8 Å². The van der Waals surface area contributed by atoms with Crippen LogP contribution in [0.4, 0.5) is 4.79 Å². The van der Waals surface area contributed by atoms with Gasteiger partial charge in [-0.15, -0.1) is 0 Å². The van der Waals surface area contributed by atoms with Crippen LogP contribution in [0.15, 0.2) is 0 Å². The number of urea groups is 1. The molecule has 0 saturated heterocycles. The van der Waals surface area contributed by atoms with Crippen molar-refractivity contribution in [1.82, 2.24) is 10.2 Å². The highest BCUT2D eigenvalue weighted by Gasteiger charge is 2.18. The first kappa shape index (κ1) is 13.7. The third kappa shape index (κ3) is 5.21. The number of hydrogen-bond donors (Lipinski definition) is 3. The number of amides is 2. The summed E-state index contributed by atoms with van der Waals surface area (Å²) in [7, 11) is 0. The van der Waals surface area contributed by atoms with E-state index in [1.54, 1.807) is 13.8 Å². The third-order valence-corrected chi connectivity index (χ3v) is 2.01. The second-order valence-corrected chi connectivity index (χ2v) is 3.30. The maximum Gasteiger partial charge on any atom is 0.317 e. The molecule has 1 atom stereocenters. The molecule has 0 rings (SSSR count). The Morgan fingerprint density at radius 1 is 1.53 bits per heavy atom. The third-order valence-electron chi connectivity index (χ3n) is 2.01. The molecule has 2 amide bonds. The molecular weight excluding hydrogens is 198 g/mol. The monoisotopic (exact) mass is 217 g/mol. The average Bonchev–Trinajstić information content (AvgIpc) is 2.21. The average molecular weight is 217 g/mol. The molecule has 0 aliphatic rings. The normalized spacial score (nSPS) is 11.9. The maximum absolute atomic E-state index is 11.5. The SMILES string of the molecule is CCN(CC(C)C(=O)O)C(=O)NCCN. The van der Waals surface area contributed by atoms with Crippen molar-refractivity contribution >= 4 is 12.0 Å². The van der Waals surface area contributed by atoms with Gasteiger partial charge in [0.05, 0.1) is 5.92 Å². The lowest BCUT2D eigenvalue weighted by atomic mass is 10.2. The molecule has 1 unspecified atom stereocenters. The van der Waals surface area contributed by atoms with Crippen molar-refractivity contribution in [3.63, 3.8) is 0 Å². The van der Waals surface area contributed by atoms with Crippen LogP contribution in [0.1, 0.15) is 13.8 Å². The summed E-state index contributed by atoms with van der Waals surface area (Å²) in [4.78, 5) is 23.5. The predicted molar refractivity (Wildman–Crippen MR) is 56.5 cm³/mol. The van der Waals surface area contributed by atoms with Gasteiger partial charge in [-0.1, -0.05) is 6.92 Å². The van der Waals surface area contributed by atoms with Crippen LogP contribution in [0.25, 0.3) is 0 Å². The van der Waals surface area contributed by atoms with Gasteiger partial charge in [0, 0.05) is 26.2 Å². The Labute approximate surface area is 89.4 Å². The molecule has 0 spiro atoms. The molecule has 0 fully saturated rings. The van der Waals surface area contributed by atoms with Crippen molar-refractivity contribution in [3.8, 4) is 0 Å². The fourth-order valence-electron chi connectivity index (χ4n) is 1.06. The number of carboxylic acid groups (broad SMARTS) is 1. The van der Waals surface area contributed by atoms with E-state index < -0.39 is 11.9 Å². The van der Waals surface area contributed by atoms with Gasteiger partial charge in [0.25, 0.3) is 0 Å². The van der Waals surface area contributed by atoms with Crippen LogP contribution in [0.3, 0.4) is 0 Å². The van der Waals surface area contributed by atoms with Crippen LogP contribution in [0.2, 0.25) is 0 Å². The number of nitrogens with one attached hydrogen (secondary N) is 1. The van der Waals surface area contributed by atoms with Crippen molar-refractivity contribution < 1.29 is 14.7 Å². The largest absolute Gasteiger partial charge is 0.481 e. The van der Waals surface area contributed by atoms with E-state index in [1.165, 1.54) is 4.90 Å². The minimum absolute atomic E-state index is 0.211. The molecule has 6 nitrogen and oxygen atoms in total. The van der Waals surface area contributed by atoms with Crippen LogP contribution < -0.4 is 11.1 Å². The second-order valence-electron chi connectivity index (χ2n) is 3.30. The summed E-state index contributed by atoms with van der Waals surface area (Å²) in [6.07, 6.45) is 0. The first-order valence-corrected chi connectivity index (χ1v) is 4.98. The first-order chi connectivity index (χ1) is 7.02. The van der Waals surface area contributed by atoms with Crippen molar-refractivity contribution in [2.24, 2.45) is 11.7 Å². The maximum atomic E-state index is 11.5. The zero-order chi connectivity index (χ0) is 11.8. The van der Waals surface area contributed by atoms with E-state index in [2.05, 4.69) is 5.32 Å². The molecule has 15 heavy (non-hydrogen) atoms. The summed E-state index contributed by atoms with van der Waals surface area (Å²) in [6, 6.07) is -0.268. The minimum Gasteiger partial charge on any atom is -0.481 e. The van der Waals surface area contributed by atoms with Gasteiger partial charge < -0.3 is 21.1 Å². The number of nitrogens with zero attached hydrogens (tertiary/aromatic N) is 1. The predicted octanol–water partition coefficient (Wildman–Crippen LogP) is -0.303. The van der Waals surface area contributed by atoms with E-state index in [1.807, 2.05) is 0 Å². The number of rotatable bonds is 6. The Morgan fingerprint density at radius 3 is 2.53 bits per heavy atom. The molecule has 0 aliphatic heterocycles. The molecule has 6 heteroatoms. The summed E-state index contributed by atoms with van der Waals surface area (Å²) in [6.45, 7) is 4.84. The van der Waals surface area contributed by atoms with Crippen molar-refractivity contribution in [1.29, 1.82) is 0 Å². The van der Waals surface area contributed by atoms with Crippen LogP contribution in [-0.2, 0) is 4.79 Å². The Bertz CT molecular complexity index is 221. The second kappa shape index (κ2) is 7.05. The summed E-state index contributed by atoms with van der Waals surface area (Å²) in [5.41, 5.74) is 5.24. The topological polar surface area (TPSA) is 95.7 Å². The smallest absolute Gasteiger partial charge is 0.317 e. The van der Waals surface area contributed by atoms with Gasteiger partial charge in [-0.25, -0.2) is 4.79 Å². The molecule has 0 aromatic heterocycles. The van der Waals surface area contributed by atoms with Gasteiger partial charge in [-0.05, 0) is 6.92 Å². The number of aliphatic carboxylic acids is 1. The Balaban J connectivity index is 4.11. The molecule has 4 N–H and O–H groups in total. The van der Waals surface area contributed by atoms with Crippen molar-refractivity contribution in [3.05, 3.63) is 0 Å². The van der Waals surface area contributed by atoms with Crippen LogP contribution in [-0.4, -0.2) is 48.2 Å². The lowest BCUT2D eigenvalue weighted by Gasteiger charge is -2.23. The van der Waals surface area contributed by atoms with E-state index in [4.69, 9.17) is 10.8 Å². The summed E-state index contributed by atoms with van der Waals surface area (Å²) >= 11 is 0. The van der Waals surface area contributed by atoms with Gasteiger partial charge in [0.1, 0.15) is 0 Å². The van der Waals surface area contributed by atoms with Gasteiger partial charge in [-0.2, -0.15) is 0 Å². The molecule has 0 saturated carbocycles. The van der Waals surface area contributed by atoms with Gasteiger partial charge >= 0.3 is 12.0 Å². The molecule has 0 heterocycles. The summed E-state index contributed by atoms with van der Waals surface area (Å²) < 4.78 is 0. The minimum atomic E-state index is -0.903. The van der Waals surface area contributed by atoms with Crippen LogP contribution in [0.5, 0.6) is 0 Å². The first-order valence-electron chi connectivity index (χ1n) is 4.98. The van der Waals surface area contributed by atoms with Crippen molar-refractivity contribution in [2.75, 3.05) is 26.2 Å². The highest BCUT2D eigenvalue weighted by atomic mass is 16.4. The summed E-state index contributed by atoms with van der Waals surface area (Å²) in [5.74, 6) is -1.46. The Kier molecular flexibility index (Phi) is 6.44. The number of nitrogens with two attached hydrogens (primary N) is 1. The van der Waals surface area contributed by atoms with Gasteiger partial charge in [0.2, 0.25) is 0 Å². The molecule has 0 aromatic carbocycles. The highest BCUT2D eigenvalue weighted by molar-refractivity contribution is 5.75. The van der Waals surface area contributed by atoms with Crippen LogP contribution >= 0.6 is 0 Å². The van der Waals surface area contributed by atoms with E-state index >= 15 is 0 Å². The molecular formula is C9H19N3O3. The fourth-order valence-corrected chi connectivity index (χ4v) is 1.06. The lowest BCUT2D eigenvalue weighted by Crippen LogP contribution is -2.44. The number of hydrogen-bond acceptors (Lipinski definition) is 3. The highest BCUT2D eigenvalue weighted by Crippen LogP contribution is 2.00. The van der Waals surface area contributed by atoms with Gasteiger partial charge in [0.15, 0.2) is 0 Å². The quantitative estimate of drug-likeness (QED) is 0.569. The number of carbonyl (C=O) groups is 2. The number of carbonyl (C=O) groups excluding carboxylic acids is 1. The summed E-state index contributed by atoms with van der Waals surface area (Å²) in [5, 5.41) is 11.3. The molecule has 0 radical (unpaired) electrons. The van der Waals surface area contributed by atoms with Crippen LogP contribution in [0, 0.1) is 5.92 Å². The van der Waals surface area contributed by atoms with E-state index in [0.29, 0.717) is 19.6 Å². The van der Waals surface area contributed by atoms with Gasteiger partial charge in [-0.3, -0.25) is 4.79 Å². The Morgan fingerprint density at radius 2 is 2.13 bits per heavy atom. The molecule has 88 valence electrons. The number of carboxylic acids is 1. The fraction of sp³-hybridized carbons (Fsp3) is 0.778. The zero-order valence-corrected chi connectivity index (χ0v) is 9.19.